The van der Waals surface area contributed by atoms with Gasteiger partial charge in [-0.05, 0) is 12.8 Å². The highest BCUT2D eigenvalue weighted by atomic mass is 16.1. The van der Waals surface area contributed by atoms with Crippen molar-refractivity contribution in [1.29, 1.82) is 0 Å². The second-order valence-electron chi connectivity index (χ2n) is 2.85. The molecule has 1 fully saturated rings. The van der Waals surface area contributed by atoms with E-state index < -0.39 is 0 Å². The number of piperidine rings is 1. The number of carbonyl (C=O) groups excluding carboxylic acids is 1. The number of hydrogen-bond donors (Lipinski definition) is 1. The minimum Gasteiger partial charge on any atom is -0.291 e. The molecule has 11 heavy (non-hydrogen) atoms. The lowest BCUT2D eigenvalue weighted by atomic mass is 10.2. The van der Waals surface area contributed by atoms with Crippen LogP contribution in [0.15, 0.2) is 0 Å². The van der Waals surface area contributed by atoms with Crippen LogP contribution in [0.25, 0.3) is 0 Å². The molecule has 3 heteroatoms. The summed E-state index contributed by atoms with van der Waals surface area (Å²) in [7, 11) is 0. The predicted octanol–water partition coefficient (Wildman–Crippen LogP) is 0.477. The van der Waals surface area contributed by atoms with Crippen LogP contribution in [-0.4, -0.2) is 30.9 Å². The predicted molar refractivity (Wildman–Crippen MR) is 43.7 cm³/mol. The van der Waals surface area contributed by atoms with Crippen LogP contribution in [-0.2, 0) is 4.79 Å². The molecule has 0 spiro atoms. The van der Waals surface area contributed by atoms with E-state index in [1.807, 2.05) is 6.29 Å². The van der Waals surface area contributed by atoms with Crippen LogP contribution in [0.1, 0.15) is 25.7 Å². The summed E-state index contributed by atoms with van der Waals surface area (Å²) in [4.78, 5) is 9.86. The monoisotopic (exact) mass is 155 g/mol. The standard InChI is InChI=1S/C8H15N2O/c11-8-4-5-9-10-6-2-1-3-7-10/h9H,1-7H2. The molecule has 1 rings (SSSR count). The van der Waals surface area contributed by atoms with Gasteiger partial charge in [-0.1, -0.05) is 6.42 Å². The van der Waals surface area contributed by atoms with E-state index in [0.29, 0.717) is 6.42 Å². The molecule has 1 heterocycles. The highest BCUT2D eigenvalue weighted by molar-refractivity contribution is 5.50. The summed E-state index contributed by atoms with van der Waals surface area (Å²) in [5, 5.41) is 2.20. The van der Waals surface area contributed by atoms with Crippen molar-refractivity contribution in [3.05, 3.63) is 0 Å². The second kappa shape index (κ2) is 5.27. The van der Waals surface area contributed by atoms with Gasteiger partial charge in [-0.25, -0.2) is 5.01 Å². The fourth-order valence-corrected chi connectivity index (χ4v) is 1.32. The maximum absolute atomic E-state index is 9.86. The quantitative estimate of drug-likeness (QED) is 0.599. The van der Waals surface area contributed by atoms with E-state index in [2.05, 4.69) is 10.4 Å². The molecular weight excluding hydrogens is 140 g/mol. The molecule has 0 amide bonds. The van der Waals surface area contributed by atoms with Gasteiger partial charge >= 0.3 is 0 Å². The molecule has 0 aliphatic carbocycles. The van der Waals surface area contributed by atoms with Crippen LogP contribution in [0.5, 0.6) is 0 Å². The third-order valence-electron chi connectivity index (χ3n) is 1.92. The number of rotatable bonds is 4. The average Bonchev–Trinajstić information content (AvgIpc) is 2.07. The Morgan fingerprint density at radius 1 is 1.27 bits per heavy atom. The van der Waals surface area contributed by atoms with E-state index in [-0.39, 0.29) is 0 Å². The minimum absolute atomic E-state index is 0.497. The van der Waals surface area contributed by atoms with Crippen molar-refractivity contribution >= 4 is 6.29 Å². The van der Waals surface area contributed by atoms with E-state index in [1.54, 1.807) is 0 Å². The molecule has 1 aliphatic rings. The Kier molecular flexibility index (Phi) is 4.16. The first kappa shape index (κ1) is 8.68. The summed E-state index contributed by atoms with van der Waals surface area (Å²) < 4.78 is 0. The van der Waals surface area contributed by atoms with Crippen molar-refractivity contribution < 1.29 is 4.79 Å². The van der Waals surface area contributed by atoms with Gasteiger partial charge in [-0.3, -0.25) is 10.2 Å². The Labute approximate surface area is 67.7 Å². The molecule has 0 aromatic heterocycles. The summed E-state index contributed by atoms with van der Waals surface area (Å²) >= 11 is 0. The van der Waals surface area contributed by atoms with E-state index in [1.165, 1.54) is 19.3 Å². The van der Waals surface area contributed by atoms with Crippen LogP contribution < -0.4 is 5.43 Å². The van der Waals surface area contributed by atoms with Gasteiger partial charge in [0.1, 0.15) is 0 Å². The third-order valence-corrected chi connectivity index (χ3v) is 1.92. The highest BCUT2D eigenvalue weighted by Gasteiger charge is 2.07. The largest absolute Gasteiger partial charge is 0.291 e. The maximum atomic E-state index is 9.86. The molecule has 63 valence electrons. The topological polar surface area (TPSA) is 32.3 Å². The Bertz CT molecular complexity index is 111. The summed E-state index contributed by atoms with van der Waals surface area (Å²) in [6.45, 7) is 2.99. The lowest BCUT2D eigenvalue weighted by molar-refractivity contribution is 0.156. The van der Waals surface area contributed by atoms with Crippen molar-refractivity contribution in [3.8, 4) is 0 Å². The van der Waals surface area contributed by atoms with Gasteiger partial charge < -0.3 is 0 Å². The van der Waals surface area contributed by atoms with Crippen LogP contribution in [0, 0.1) is 0 Å². The molecule has 0 bridgehead atoms. The first-order valence-corrected chi connectivity index (χ1v) is 4.27. The fraction of sp³-hybridized carbons (Fsp3) is 0.875. The second-order valence-corrected chi connectivity index (χ2v) is 2.85. The molecule has 0 aromatic carbocycles. The lowest BCUT2D eigenvalue weighted by Crippen LogP contribution is -2.42. The zero-order chi connectivity index (χ0) is 7.94. The number of nitrogens with one attached hydrogen (secondary N) is 1. The van der Waals surface area contributed by atoms with Crippen molar-refractivity contribution in [2.24, 2.45) is 0 Å². The van der Waals surface area contributed by atoms with E-state index in [9.17, 15) is 4.79 Å². The van der Waals surface area contributed by atoms with Crippen molar-refractivity contribution in [3.63, 3.8) is 0 Å². The zero-order valence-corrected chi connectivity index (χ0v) is 6.81. The molecule has 0 atom stereocenters. The first-order chi connectivity index (χ1) is 5.43. The Balaban J connectivity index is 2.00. The molecule has 1 N–H and O–H groups in total. The van der Waals surface area contributed by atoms with Crippen molar-refractivity contribution in [2.75, 3.05) is 19.6 Å². The van der Waals surface area contributed by atoms with Crippen molar-refractivity contribution in [1.82, 2.24) is 10.4 Å². The summed E-state index contributed by atoms with van der Waals surface area (Å²) in [6.07, 6.45) is 6.26. The maximum Gasteiger partial charge on any atom is 0.199 e. The van der Waals surface area contributed by atoms with Gasteiger partial charge in [0.2, 0.25) is 0 Å². The summed E-state index contributed by atoms with van der Waals surface area (Å²) in [5.41, 5.74) is 3.19. The van der Waals surface area contributed by atoms with Gasteiger partial charge in [-0.15, -0.1) is 0 Å². The Morgan fingerprint density at radius 2 is 2.00 bits per heavy atom. The SMILES string of the molecule is O=[C]CCNN1CCCCC1. The Hall–Kier alpha value is -0.410. The molecule has 3 nitrogen and oxygen atoms in total. The van der Waals surface area contributed by atoms with Gasteiger partial charge in [-0.2, -0.15) is 0 Å². The molecule has 0 saturated carbocycles. The third kappa shape index (κ3) is 3.49. The normalized spacial score (nSPS) is 20.0. The van der Waals surface area contributed by atoms with Gasteiger partial charge in [0.05, 0.1) is 0 Å². The molecule has 0 aromatic rings. The van der Waals surface area contributed by atoms with E-state index >= 15 is 0 Å². The van der Waals surface area contributed by atoms with Crippen LogP contribution in [0.2, 0.25) is 0 Å². The van der Waals surface area contributed by atoms with Gasteiger partial charge in [0, 0.05) is 26.1 Å². The molecule has 1 radical (unpaired) electrons. The highest BCUT2D eigenvalue weighted by Crippen LogP contribution is 2.05. The van der Waals surface area contributed by atoms with Crippen molar-refractivity contribution in [2.45, 2.75) is 25.7 Å². The average molecular weight is 155 g/mol. The van der Waals surface area contributed by atoms with E-state index in [4.69, 9.17) is 0 Å². The lowest BCUT2D eigenvalue weighted by Gasteiger charge is -2.26. The van der Waals surface area contributed by atoms with Crippen LogP contribution in [0.4, 0.5) is 0 Å². The van der Waals surface area contributed by atoms with E-state index in [0.717, 1.165) is 19.6 Å². The molecule has 0 unspecified atom stereocenters. The summed E-state index contributed by atoms with van der Waals surface area (Å²) in [6, 6.07) is 0. The van der Waals surface area contributed by atoms with Crippen LogP contribution >= 0.6 is 0 Å². The van der Waals surface area contributed by atoms with Gasteiger partial charge in [0.15, 0.2) is 6.29 Å². The Morgan fingerprint density at radius 3 is 2.64 bits per heavy atom. The fourth-order valence-electron chi connectivity index (χ4n) is 1.32. The molecule has 1 aliphatic heterocycles. The minimum atomic E-state index is 0.497. The van der Waals surface area contributed by atoms with Crippen LogP contribution in [0.3, 0.4) is 0 Å². The number of nitrogens with zero attached hydrogens (tertiary/aromatic N) is 1. The zero-order valence-electron chi connectivity index (χ0n) is 6.81. The summed E-state index contributed by atoms with van der Waals surface area (Å²) in [5.74, 6) is 0. The number of hydrogen-bond acceptors (Lipinski definition) is 3. The molecule has 1 saturated heterocycles. The smallest absolute Gasteiger partial charge is 0.199 e. The molecular formula is C8H15N2O. The van der Waals surface area contributed by atoms with Gasteiger partial charge in [0.25, 0.3) is 0 Å². The first-order valence-electron chi connectivity index (χ1n) is 4.27. The number of hydrazine groups is 1.